The minimum atomic E-state index is -1.54. The first-order valence-electron chi connectivity index (χ1n) is 21.7. The van der Waals surface area contributed by atoms with Gasteiger partial charge in [0.05, 0.1) is 19.8 Å². The summed E-state index contributed by atoms with van der Waals surface area (Å²) in [6.45, 7) is 4.38. The highest BCUT2D eigenvalue weighted by molar-refractivity contribution is 5.69. The number of carbonyl (C=O) groups excluding carboxylic acids is 1. The average Bonchev–Trinajstić information content (AvgIpc) is 3.17. The highest BCUT2D eigenvalue weighted by Crippen LogP contribution is 2.22. The molecule has 0 spiro atoms. The van der Waals surface area contributed by atoms with Crippen molar-refractivity contribution in [2.24, 2.45) is 0 Å². The van der Waals surface area contributed by atoms with E-state index < -0.39 is 43.4 Å². The molecule has 1 aliphatic rings. The second kappa shape index (κ2) is 36.8. The molecule has 0 aliphatic carbocycles. The van der Waals surface area contributed by atoms with Crippen LogP contribution in [-0.4, -0.2) is 89.6 Å². The number of allylic oxidation sites excluding steroid dienone is 8. The van der Waals surface area contributed by atoms with E-state index >= 15 is 0 Å². The molecular formula is C45H80O9. The molecule has 6 atom stereocenters. The summed E-state index contributed by atoms with van der Waals surface area (Å²) in [5.74, 6) is -0.328. The maximum Gasteiger partial charge on any atom is 0.306 e. The summed E-state index contributed by atoms with van der Waals surface area (Å²) < 4.78 is 22.7. The van der Waals surface area contributed by atoms with Crippen molar-refractivity contribution in [1.82, 2.24) is 0 Å². The fourth-order valence-corrected chi connectivity index (χ4v) is 6.32. The van der Waals surface area contributed by atoms with Crippen LogP contribution in [-0.2, 0) is 23.7 Å². The van der Waals surface area contributed by atoms with Crippen LogP contribution in [0.1, 0.15) is 168 Å². The first-order chi connectivity index (χ1) is 26.4. The second-order valence-electron chi connectivity index (χ2n) is 14.8. The van der Waals surface area contributed by atoms with Crippen molar-refractivity contribution in [1.29, 1.82) is 0 Å². The highest BCUT2D eigenvalue weighted by atomic mass is 16.7. The van der Waals surface area contributed by atoms with Gasteiger partial charge in [-0.25, -0.2) is 0 Å². The van der Waals surface area contributed by atoms with Gasteiger partial charge in [-0.3, -0.25) is 4.79 Å². The first kappa shape index (κ1) is 50.2. The van der Waals surface area contributed by atoms with Crippen molar-refractivity contribution in [2.45, 2.75) is 205 Å². The summed E-state index contributed by atoms with van der Waals surface area (Å²) >= 11 is 0. The Hall–Kier alpha value is -1.85. The van der Waals surface area contributed by atoms with Gasteiger partial charge in [0.1, 0.15) is 30.5 Å². The normalized spacial score (nSPS) is 21.3. The van der Waals surface area contributed by atoms with Gasteiger partial charge in [-0.15, -0.1) is 0 Å². The van der Waals surface area contributed by atoms with Gasteiger partial charge in [-0.05, 0) is 70.6 Å². The monoisotopic (exact) mass is 765 g/mol. The molecule has 1 fully saturated rings. The first-order valence-corrected chi connectivity index (χ1v) is 21.7. The van der Waals surface area contributed by atoms with E-state index in [1.165, 1.54) is 77.0 Å². The third-order valence-electron chi connectivity index (χ3n) is 9.73. The molecule has 1 aliphatic heterocycles. The molecule has 0 aromatic heterocycles. The van der Waals surface area contributed by atoms with Crippen LogP contribution >= 0.6 is 0 Å². The van der Waals surface area contributed by atoms with Gasteiger partial charge in [-0.2, -0.15) is 0 Å². The van der Waals surface area contributed by atoms with Crippen LogP contribution in [0.2, 0.25) is 0 Å². The Morgan fingerprint density at radius 2 is 1.13 bits per heavy atom. The lowest BCUT2D eigenvalue weighted by molar-refractivity contribution is -0.305. The fourth-order valence-electron chi connectivity index (χ4n) is 6.32. The smallest absolute Gasteiger partial charge is 0.306 e. The number of unbranched alkanes of at least 4 members (excludes halogenated alkanes) is 17. The zero-order valence-electron chi connectivity index (χ0n) is 34.2. The molecule has 9 nitrogen and oxygen atoms in total. The molecule has 54 heavy (non-hydrogen) atoms. The molecule has 6 unspecified atom stereocenters. The van der Waals surface area contributed by atoms with Crippen LogP contribution in [0.15, 0.2) is 48.6 Å². The van der Waals surface area contributed by atoms with Crippen molar-refractivity contribution in [2.75, 3.05) is 26.4 Å². The van der Waals surface area contributed by atoms with E-state index in [0.29, 0.717) is 13.0 Å². The summed E-state index contributed by atoms with van der Waals surface area (Å²) in [4.78, 5) is 12.8. The summed E-state index contributed by atoms with van der Waals surface area (Å²) in [5, 5.41) is 40.1. The maximum absolute atomic E-state index is 12.8. The zero-order valence-corrected chi connectivity index (χ0v) is 34.2. The lowest BCUT2D eigenvalue weighted by Crippen LogP contribution is -2.59. The summed E-state index contributed by atoms with van der Waals surface area (Å²) in [5.41, 5.74) is 0. The molecule has 1 rings (SSSR count). The lowest BCUT2D eigenvalue weighted by atomic mass is 9.99. The Bertz CT molecular complexity index is 963. The summed E-state index contributed by atoms with van der Waals surface area (Å²) in [7, 11) is 0. The zero-order chi connectivity index (χ0) is 39.3. The molecule has 9 heteroatoms. The average molecular weight is 765 g/mol. The van der Waals surface area contributed by atoms with Gasteiger partial charge in [-0.1, -0.05) is 140 Å². The molecular weight excluding hydrogens is 684 g/mol. The minimum absolute atomic E-state index is 0.125. The fraction of sp³-hybridized carbons (Fsp3) is 0.800. The topological polar surface area (TPSA) is 135 Å². The Balaban J connectivity index is 2.30. The standard InChI is InChI=1S/C45H80O9/c1-3-5-7-9-11-13-15-17-19-20-21-22-24-26-28-30-32-34-41(47)53-39(38-52-45-44(50)43(49)42(48)40(36-46)54-45)37-51-35-33-31-29-27-25-23-18-16-14-12-10-8-6-4-2/h6,8,12,14,17-19,23,39-40,42-46,48-50H,3-5,7,9-11,13,15-16,20-22,24-38H2,1-2H3/b8-6-,14-12-,19-17-,23-18-. The van der Waals surface area contributed by atoms with E-state index in [1.54, 1.807) is 0 Å². The molecule has 314 valence electrons. The molecule has 1 saturated heterocycles. The second-order valence-corrected chi connectivity index (χ2v) is 14.8. The Morgan fingerprint density at radius 1 is 0.611 bits per heavy atom. The molecule has 4 N–H and O–H groups in total. The highest BCUT2D eigenvalue weighted by Gasteiger charge is 2.44. The van der Waals surface area contributed by atoms with Crippen molar-refractivity contribution < 1.29 is 44.2 Å². The van der Waals surface area contributed by atoms with Crippen LogP contribution in [0, 0.1) is 0 Å². The maximum atomic E-state index is 12.8. The van der Waals surface area contributed by atoms with Gasteiger partial charge in [0, 0.05) is 13.0 Å². The van der Waals surface area contributed by atoms with Gasteiger partial charge in [0.25, 0.3) is 0 Å². The van der Waals surface area contributed by atoms with Crippen molar-refractivity contribution >= 4 is 5.97 Å². The Morgan fingerprint density at radius 3 is 1.72 bits per heavy atom. The molecule has 1 heterocycles. The number of aliphatic hydroxyl groups is 4. The Kier molecular flexibility index (Phi) is 34.2. The van der Waals surface area contributed by atoms with E-state index in [4.69, 9.17) is 18.9 Å². The lowest BCUT2D eigenvalue weighted by Gasteiger charge is -2.39. The largest absolute Gasteiger partial charge is 0.457 e. The van der Waals surface area contributed by atoms with E-state index in [2.05, 4.69) is 62.5 Å². The van der Waals surface area contributed by atoms with Crippen molar-refractivity contribution in [3.8, 4) is 0 Å². The van der Waals surface area contributed by atoms with Crippen molar-refractivity contribution in [3.05, 3.63) is 48.6 Å². The third-order valence-corrected chi connectivity index (χ3v) is 9.73. The molecule has 0 radical (unpaired) electrons. The molecule has 0 aromatic carbocycles. The minimum Gasteiger partial charge on any atom is -0.457 e. The molecule has 0 bridgehead atoms. The number of aliphatic hydroxyl groups excluding tert-OH is 4. The number of hydrogen-bond donors (Lipinski definition) is 4. The van der Waals surface area contributed by atoms with Gasteiger partial charge >= 0.3 is 5.97 Å². The molecule has 0 aromatic rings. The van der Waals surface area contributed by atoms with E-state index in [0.717, 1.165) is 70.6 Å². The number of ether oxygens (including phenoxy) is 4. The Labute approximate surface area is 329 Å². The number of rotatable bonds is 36. The van der Waals surface area contributed by atoms with E-state index in [-0.39, 0.29) is 19.2 Å². The number of esters is 1. The quantitative estimate of drug-likeness (QED) is 0.0280. The van der Waals surface area contributed by atoms with Gasteiger partial charge < -0.3 is 39.4 Å². The summed E-state index contributed by atoms with van der Waals surface area (Å²) in [6.07, 6.45) is 37.1. The SMILES string of the molecule is CC/C=C\C/C=C\C/C=C\CCCCCCOCC(COC1OC(CO)C(O)C(O)C1O)OC(=O)CCCCCCCCC/C=C\CCCCCCCC. The van der Waals surface area contributed by atoms with Crippen LogP contribution < -0.4 is 0 Å². The van der Waals surface area contributed by atoms with Crippen LogP contribution in [0.25, 0.3) is 0 Å². The predicted octanol–water partition coefficient (Wildman–Crippen LogP) is 9.36. The van der Waals surface area contributed by atoms with E-state index in [9.17, 15) is 25.2 Å². The van der Waals surface area contributed by atoms with Gasteiger partial charge in [0.2, 0.25) is 0 Å². The van der Waals surface area contributed by atoms with Gasteiger partial charge in [0.15, 0.2) is 6.29 Å². The third kappa shape index (κ3) is 27.7. The number of hydrogen-bond acceptors (Lipinski definition) is 9. The van der Waals surface area contributed by atoms with Crippen molar-refractivity contribution in [3.63, 3.8) is 0 Å². The van der Waals surface area contributed by atoms with Crippen LogP contribution in [0.3, 0.4) is 0 Å². The predicted molar refractivity (Wildman–Crippen MR) is 219 cm³/mol. The summed E-state index contributed by atoms with van der Waals surface area (Å²) in [6, 6.07) is 0. The number of carbonyl (C=O) groups is 1. The van der Waals surface area contributed by atoms with Crippen LogP contribution in [0.5, 0.6) is 0 Å². The molecule has 0 saturated carbocycles. The van der Waals surface area contributed by atoms with E-state index in [1.807, 2.05) is 0 Å². The molecule has 0 amide bonds. The van der Waals surface area contributed by atoms with Crippen LogP contribution in [0.4, 0.5) is 0 Å².